The van der Waals surface area contributed by atoms with Crippen molar-refractivity contribution in [3.05, 3.63) is 24.0 Å². The second-order valence-corrected chi connectivity index (χ2v) is 4.73. The Balaban J connectivity index is 2.67. The zero-order valence-electron chi connectivity index (χ0n) is 11.1. The second-order valence-electron chi connectivity index (χ2n) is 4.73. The second kappa shape index (κ2) is 5.98. The number of ether oxygens (including phenoxy) is 2. The molecule has 0 aliphatic rings. The lowest BCUT2D eigenvalue weighted by Gasteiger charge is -2.25. The fourth-order valence-corrected chi connectivity index (χ4v) is 1.63. The van der Waals surface area contributed by atoms with Crippen molar-refractivity contribution in [1.82, 2.24) is 4.98 Å². The van der Waals surface area contributed by atoms with Gasteiger partial charge in [0.25, 0.3) is 0 Å². The maximum atomic E-state index is 6.17. The van der Waals surface area contributed by atoms with Crippen LogP contribution in [0.5, 0.6) is 5.75 Å². The highest BCUT2D eigenvalue weighted by Crippen LogP contribution is 2.27. The first-order valence-corrected chi connectivity index (χ1v) is 5.79. The van der Waals surface area contributed by atoms with E-state index in [0.717, 1.165) is 24.2 Å². The van der Waals surface area contributed by atoms with E-state index >= 15 is 0 Å². The minimum Gasteiger partial charge on any atom is -0.495 e. The Bertz CT molecular complexity index is 353. The molecular weight excluding hydrogens is 216 g/mol. The Morgan fingerprint density at radius 1 is 1.41 bits per heavy atom. The molecule has 4 heteroatoms. The molecule has 0 aliphatic heterocycles. The van der Waals surface area contributed by atoms with E-state index in [1.807, 2.05) is 6.07 Å². The number of hydrogen-bond acceptors (Lipinski definition) is 4. The summed E-state index contributed by atoms with van der Waals surface area (Å²) in [5.41, 5.74) is 7.02. The van der Waals surface area contributed by atoms with Gasteiger partial charge in [-0.25, -0.2) is 0 Å². The first kappa shape index (κ1) is 13.9. The number of nitrogens with zero attached hydrogens (tertiary/aromatic N) is 1. The highest BCUT2D eigenvalue weighted by molar-refractivity contribution is 5.32. The molecule has 0 saturated heterocycles. The third-order valence-corrected chi connectivity index (χ3v) is 3.05. The predicted molar refractivity (Wildman–Crippen MR) is 68.0 cm³/mol. The van der Waals surface area contributed by atoms with E-state index < -0.39 is 0 Å². The van der Waals surface area contributed by atoms with Crippen LogP contribution in [-0.4, -0.2) is 24.8 Å². The highest BCUT2D eigenvalue weighted by Gasteiger charge is 2.19. The average Bonchev–Trinajstić information content (AvgIpc) is 2.36. The van der Waals surface area contributed by atoms with Gasteiger partial charge >= 0.3 is 0 Å². The normalized spacial score (nSPS) is 13.5. The lowest BCUT2D eigenvalue weighted by atomic mass is 9.95. The molecule has 96 valence electrons. The summed E-state index contributed by atoms with van der Waals surface area (Å²) in [5.74, 6) is 0.746. The van der Waals surface area contributed by atoms with Crippen molar-refractivity contribution < 1.29 is 9.47 Å². The van der Waals surface area contributed by atoms with E-state index in [4.69, 9.17) is 15.2 Å². The van der Waals surface area contributed by atoms with Gasteiger partial charge in [-0.3, -0.25) is 4.98 Å². The van der Waals surface area contributed by atoms with Gasteiger partial charge in [-0.15, -0.1) is 0 Å². The largest absolute Gasteiger partial charge is 0.495 e. The summed E-state index contributed by atoms with van der Waals surface area (Å²) in [6.07, 6.45) is 5.17. The molecule has 1 unspecified atom stereocenters. The lowest BCUT2D eigenvalue weighted by Crippen LogP contribution is -2.24. The molecule has 1 aromatic rings. The molecule has 17 heavy (non-hydrogen) atoms. The summed E-state index contributed by atoms with van der Waals surface area (Å²) in [6, 6.07) is 1.85. The van der Waals surface area contributed by atoms with Crippen molar-refractivity contribution in [3.63, 3.8) is 0 Å². The first-order valence-electron chi connectivity index (χ1n) is 5.79. The van der Waals surface area contributed by atoms with Crippen LogP contribution >= 0.6 is 0 Å². The van der Waals surface area contributed by atoms with Crippen LogP contribution < -0.4 is 10.5 Å². The smallest absolute Gasteiger partial charge is 0.141 e. The van der Waals surface area contributed by atoms with E-state index in [-0.39, 0.29) is 11.6 Å². The van der Waals surface area contributed by atoms with Gasteiger partial charge in [0.1, 0.15) is 5.75 Å². The van der Waals surface area contributed by atoms with Crippen molar-refractivity contribution in [1.29, 1.82) is 0 Å². The van der Waals surface area contributed by atoms with Crippen LogP contribution in [-0.2, 0) is 4.74 Å². The molecule has 1 aromatic heterocycles. The van der Waals surface area contributed by atoms with Crippen molar-refractivity contribution in [2.75, 3.05) is 14.2 Å². The zero-order valence-corrected chi connectivity index (χ0v) is 11.1. The molecule has 0 radical (unpaired) electrons. The number of aromatic nitrogens is 1. The van der Waals surface area contributed by atoms with Gasteiger partial charge in [0.2, 0.25) is 0 Å². The topological polar surface area (TPSA) is 57.4 Å². The van der Waals surface area contributed by atoms with Crippen molar-refractivity contribution in [3.8, 4) is 5.75 Å². The van der Waals surface area contributed by atoms with Crippen molar-refractivity contribution >= 4 is 0 Å². The van der Waals surface area contributed by atoms with Gasteiger partial charge in [0.15, 0.2) is 0 Å². The monoisotopic (exact) mass is 238 g/mol. The Morgan fingerprint density at radius 3 is 2.71 bits per heavy atom. The van der Waals surface area contributed by atoms with Gasteiger partial charge in [-0.2, -0.15) is 0 Å². The third kappa shape index (κ3) is 3.98. The molecule has 0 aromatic carbocycles. The molecule has 0 saturated carbocycles. The maximum Gasteiger partial charge on any atom is 0.141 e. The number of pyridine rings is 1. The Labute approximate surface area is 103 Å². The lowest BCUT2D eigenvalue weighted by molar-refractivity contribution is 0.0124. The summed E-state index contributed by atoms with van der Waals surface area (Å²) < 4.78 is 10.6. The fraction of sp³-hybridized carbons (Fsp3) is 0.615. The summed E-state index contributed by atoms with van der Waals surface area (Å²) in [4.78, 5) is 4.02. The highest BCUT2D eigenvalue weighted by atomic mass is 16.5. The van der Waals surface area contributed by atoms with Gasteiger partial charge in [-0.1, -0.05) is 0 Å². The summed E-state index contributed by atoms with van der Waals surface area (Å²) >= 11 is 0. The summed E-state index contributed by atoms with van der Waals surface area (Å²) in [7, 11) is 3.35. The molecule has 0 spiro atoms. The van der Waals surface area contributed by atoms with E-state index in [2.05, 4.69) is 18.8 Å². The number of methoxy groups -OCH3 is 2. The Kier molecular flexibility index (Phi) is 4.90. The van der Waals surface area contributed by atoms with Crippen LogP contribution in [0.1, 0.15) is 38.3 Å². The van der Waals surface area contributed by atoms with Crippen molar-refractivity contribution in [2.24, 2.45) is 5.73 Å². The van der Waals surface area contributed by atoms with Crippen molar-refractivity contribution in [2.45, 2.75) is 38.3 Å². The average molecular weight is 238 g/mol. The SMILES string of the molecule is COc1cnccc1C(N)CCC(C)(C)OC. The van der Waals surface area contributed by atoms with Gasteiger partial charge in [0, 0.05) is 24.9 Å². The Morgan fingerprint density at radius 2 is 2.12 bits per heavy atom. The van der Waals surface area contributed by atoms with Gasteiger partial charge in [0.05, 0.1) is 18.9 Å². The standard InChI is InChI=1S/C13H22N2O2/c1-13(2,17-4)7-5-11(14)10-6-8-15-9-12(10)16-3/h6,8-9,11H,5,7,14H2,1-4H3. The quantitative estimate of drug-likeness (QED) is 0.826. The maximum absolute atomic E-state index is 6.17. The van der Waals surface area contributed by atoms with Crippen LogP contribution in [0.2, 0.25) is 0 Å². The molecule has 0 bridgehead atoms. The van der Waals surface area contributed by atoms with Gasteiger partial charge in [-0.05, 0) is 32.8 Å². The molecule has 1 heterocycles. The van der Waals surface area contributed by atoms with Crippen LogP contribution in [0.15, 0.2) is 18.5 Å². The summed E-state index contributed by atoms with van der Waals surface area (Å²) in [6.45, 7) is 4.12. The van der Waals surface area contributed by atoms with Crippen LogP contribution in [0.25, 0.3) is 0 Å². The molecule has 1 atom stereocenters. The Hall–Kier alpha value is -1.13. The first-order chi connectivity index (χ1) is 8.00. The summed E-state index contributed by atoms with van der Waals surface area (Å²) in [5, 5.41) is 0. The molecular formula is C13H22N2O2. The molecule has 0 aliphatic carbocycles. The van der Waals surface area contributed by atoms with E-state index in [0.29, 0.717) is 0 Å². The van der Waals surface area contributed by atoms with Crippen LogP contribution in [0.4, 0.5) is 0 Å². The number of nitrogens with two attached hydrogens (primary N) is 1. The molecule has 1 rings (SSSR count). The van der Waals surface area contributed by atoms with Gasteiger partial charge < -0.3 is 15.2 Å². The fourth-order valence-electron chi connectivity index (χ4n) is 1.63. The third-order valence-electron chi connectivity index (χ3n) is 3.05. The molecule has 2 N–H and O–H groups in total. The predicted octanol–water partition coefficient (Wildman–Crippen LogP) is 2.30. The molecule has 4 nitrogen and oxygen atoms in total. The minimum atomic E-state index is -0.141. The minimum absolute atomic E-state index is 0.0534. The van der Waals surface area contributed by atoms with E-state index in [1.165, 1.54) is 0 Å². The number of rotatable bonds is 6. The number of hydrogen-bond donors (Lipinski definition) is 1. The molecule has 0 amide bonds. The van der Waals surface area contributed by atoms with E-state index in [9.17, 15) is 0 Å². The molecule has 0 fully saturated rings. The van der Waals surface area contributed by atoms with E-state index in [1.54, 1.807) is 26.6 Å². The van der Waals surface area contributed by atoms with Crippen LogP contribution in [0.3, 0.4) is 0 Å². The zero-order chi connectivity index (χ0) is 12.9. The van der Waals surface area contributed by atoms with Crippen LogP contribution in [0, 0.1) is 0 Å².